The third kappa shape index (κ3) is 3.52. The predicted molar refractivity (Wildman–Crippen MR) is 97.9 cm³/mol. The standard InChI is InChI=1S/C20H29N3O3/c1-15-11-17(21-12-15)19(25)22-8-6-20(7-9-22)5-4-18(24)23(14-20)13-16-3-2-10-26-16/h11-12,16,21H,2-10,13-14H2,1H3/t16-/m1/s1. The van der Waals surface area contributed by atoms with Crippen LogP contribution < -0.4 is 0 Å². The summed E-state index contributed by atoms with van der Waals surface area (Å²) in [7, 11) is 0. The maximum Gasteiger partial charge on any atom is 0.270 e. The van der Waals surface area contributed by atoms with E-state index in [1.807, 2.05) is 29.0 Å². The van der Waals surface area contributed by atoms with Gasteiger partial charge in [-0.05, 0) is 56.1 Å². The largest absolute Gasteiger partial charge is 0.376 e. The normalized spacial score (nSPS) is 25.9. The van der Waals surface area contributed by atoms with Crippen molar-refractivity contribution in [2.75, 3.05) is 32.8 Å². The predicted octanol–water partition coefficient (Wildman–Crippen LogP) is 2.35. The van der Waals surface area contributed by atoms with E-state index in [2.05, 4.69) is 4.98 Å². The van der Waals surface area contributed by atoms with Crippen molar-refractivity contribution in [3.05, 3.63) is 23.5 Å². The zero-order valence-electron chi connectivity index (χ0n) is 15.6. The molecule has 0 radical (unpaired) electrons. The number of nitrogens with zero attached hydrogens (tertiary/aromatic N) is 2. The fourth-order valence-corrected chi connectivity index (χ4v) is 4.69. The lowest BCUT2D eigenvalue weighted by Crippen LogP contribution is -2.53. The molecule has 3 aliphatic rings. The lowest BCUT2D eigenvalue weighted by atomic mass is 9.72. The molecule has 0 aromatic carbocycles. The van der Waals surface area contributed by atoms with Crippen LogP contribution in [0.2, 0.25) is 0 Å². The number of piperidine rings is 2. The number of aryl methyl sites for hydroxylation is 1. The zero-order valence-corrected chi connectivity index (χ0v) is 15.6. The van der Waals surface area contributed by atoms with Crippen molar-refractivity contribution in [3.63, 3.8) is 0 Å². The molecule has 4 heterocycles. The van der Waals surface area contributed by atoms with Gasteiger partial charge in [0.1, 0.15) is 5.69 Å². The summed E-state index contributed by atoms with van der Waals surface area (Å²) < 4.78 is 5.73. The Morgan fingerprint density at radius 1 is 1.35 bits per heavy atom. The first-order chi connectivity index (χ1) is 12.5. The summed E-state index contributed by atoms with van der Waals surface area (Å²) in [6, 6.07) is 1.91. The van der Waals surface area contributed by atoms with Crippen molar-refractivity contribution in [2.45, 2.75) is 51.6 Å². The van der Waals surface area contributed by atoms with Crippen LogP contribution in [0, 0.1) is 12.3 Å². The Labute approximate surface area is 154 Å². The Morgan fingerprint density at radius 2 is 2.15 bits per heavy atom. The quantitative estimate of drug-likeness (QED) is 0.901. The van der Waals surface area contributed by atoms with Gasteiger partial charge in [0.15, 0.2) is 0 Å². The number of ether oxygens (including phenoxy) is 1. The fraction of sp³-hybridized carbons (Fsp3) is 0.700. The highest BCUT2D eigenvalue weighted by molar-refractivity contribution is 5.92. The number of amides is 2. The maximum atomic E-state index is 12.6. The smallest absolute Gasteiger partial charge is 0.270 e. The number of carbonyl (C=O) groups is 2. The Balaban J connectivity index is 1.36. The molecule has 3 fully saturated rings. The molecule has 0 saturated carbocycles. The van der Waals surface area contributed by atoms with Crippen molar-refractivity contribution in [1.82, 2.24) is 14.8 Å². The molecule has 1 aromatic heterocycles. The van der Waals surface area contributed by atoms with Crippen LogP contribution in [0.1, 0.15) is 54.6 Å². The molecule has 1 aromatic rings. The van der Waals surface area contributed by atoms with Crippen LogP contribution in [0.15, 0.2) is 12.3 Å². The van der Waals surface area contributed by atoms with Gasteiger partial charge in [-0.1, -0.05) is 0 Å². The van der Waals surface area contributed by atoms with E-state index in [-0.39, 0.29) is 23.3 Å². The van der Waals surface area contributed by atoms with Crippen LogP contribution in [0.3, 0.4) is 0 Å². The van der Waals surface area contributed by atoms with Gasteiger partial charge < -0.3 is 19.5 Å². The van der Waals surface area contributed by atoms with Gasteiger partial charge in [-0.25, -0.2) is 0 Å². The first-order valence-corrected chi connectivity index (χ1v) is 9.88. The molecule has 6 nitrogen and oxygen atoms in total. The number of aromatic nitrogens is 1. The molecule has 0 bridgehead atoms. The SMILES string of the molecule is Cc1c[nH]c(C(=O)N2CCC3(CCC(=O)N(C[C@H]4CCCO4)C3)CC2)c1. The summed E-state index contributed by atoms with van der Waals surface area (Å²) >= 11 is 0. The van der Waals surface area contributed by atoms with Crippen LogP contribution in [0.25, 0.3) is 0 Å². The van der Waals surface area contributed by atoms with E-state index in [1.165, 1.54) is 0 Å². The average molecular weight is 359 g/mol. The van der Waals surface area contributed by atoms with E-state index in [9.17, 15) is 9.59 Å². The maximum absolute atomic E-state index is 12.6. The van der Waals surface area contributed by atoms with Gasteiger partial charge in [0.05, 0.1) is 6.10 Å². The van der Waals surface area contributed by atoms with E-state index in [0.29, 0.717) is 12.1 Å². The molecule has 4 rings (SSSR count). The lowest BCUT2D eigenvalue weighted by molar-refractivity contribution is -0.141. The Hall–Kier alpha value is -1.82. The number of nitrogens with one attached hydrogen (secondary N) is 1. The second kappa shape index (κ2) is 7.06. The molecule has 0 aliphatic carbocycles. The Kier molecular flexibility index (Phi) is 4.78. The fourth-order valence-electron chi connectivity index (χ4n) is 4.69. The van der Waals surface area contributed by atoms with E-state index >= 15 is 0 Å². The summed E-state index contributed by atoms with van der Waals surface area (Å²) in [6.07, 6.45) is 7.80. The van der Waals surface area contributed by atoms with E-state index in [0.717, 1.165) is 70.5 Å². The van der Waals surface area contributed by atoms with Crippen molar-refractivity contribution < 1.29 is 14.3 Å². The molecule has 6 heteroatoms. The minimum Gasteiger partial charge on any atom is -0.376 e. The number of hydrogen-bond acceptors (Lipinski definition) is 3. The van der Waals surface area contributed by atoms with Crippen molar-refractivity contribution >= 4 is 11.8 Å². The molecule has 3 saturated heterocycles. The van der Waals surface area contributed by atoms with Gasteiger partial charge in [-0.2, -0.15) is 0 Å². The summed E-state index contributed by atoms with van der Waals surface area (Å²) in [5.74, 6) is 0.363. The van der Waals surface area contributed by atoms with Crippen LogP contribution in [-0.2, 0) is 9.53 Å². The highest BCUT2D eigenvalue weighted by Gasteiger charge is 2.42. The monoisotopic (exact) mass is 359 g/mol. The number of hydrogen-bond donors (Lipinski definition) is 1. The summed E-state index contributed by atoms with van der Waals surface area (Å²) in [5, 5.41) is 0. The first kappa shape index (κ1) is 17.6. The van der Waals surface area contributed by atoms with Crippen LogP contribution in [-0.4, -0.2) is 65.5 Å². The first-order valence-electron chi connectivity index (χ1n) is 9.88. The van der Waals surface area contributed by atoms with Gasteiger partial charge >= 0.3 is 0 Å². The molecule has 1 spiro atoms. The highest BCUT2D eigenvalue weighted by atomic mass is 16.5. The third-order valence-electron chi connectivity index (χ3n) is 6.37. The zero-order chi connectivity index (χ0) is 18.1. The average Bonchev–Trinajstić information content (AvgIpc) is 3.30. The van der Waals surface area contributed by atoms with Crippen molar-refractivity contribution in [3.8, 4) is 0 Å². The molecular formula is C20H29N3O3. The van der Waals surface area contributed by atoms with Gasteiger partial charge in [0.2, 0.25) is 5.91 Å². The Morgan fingerprint density at radius 3 is 2.81 bits per heavy atom. The molecule has 2 amide bonds. The number of likely N-dealkylation sites (tertiary alicyclic amines) is 2. The number of rotatable bonds is 3. The van der Waals surface area contributed by atoms with E-state index < -0.39 is 0 Å². The topological polar surface area (TPSA) is 65.6 Å². The summed E-state index contributed by atoms with van der Waals surface area (Å²) in [5.41, 5.74) is 1.93. The van der Waals surface area contributed by atoms with Gasteiger partial charge in [-0.3, -0.25) is 9.59 Å². The molecular weight excluding hydrogens is 330 g/mol. The molecule has 3 aliphatic heterocycles. The molecule has 0 unspecified atom stereocenters. The van der Waals surface area contributed by atoms with Gasteiger partial charge in [0.25, 0.3) is 5.91 Å². The molecule has 142 valence electrons. The second-order valence-electron chi connectivity index (χ2n) is 8.29. The van der Waals surface area contributed by atoms with Crippen LogP contribution in [0.5, 0.6) is 0 Å². The minimum absolute atomic E-state index is 0.0936. The highest BCUT2D eigenvalue weighted by Crippen LogP contribution is 2.40. The summed E-state index contributed by atoms with van der Waals surface area (Å²) in [4.78, 5) is 32.1. The molecule has 1 N–H and O–H groups in total. The summed E-state index contributed by atoms with van der Waals surface area (Å²) in [6.45, 7) is 5.94. The van der Waals surface area contributed by atoms with Gasteiger partial charge in [0, 0.05) is 45.4 Å². The number of carbonyl (C=O) groups excluding carboxylic acids is 2. The van der Waals surface area contributed by atoms with Crippen molar-refractivity contribution in [2.24, 2.45) is 5.41 Å². The number of aromatic amines is 1. The Bertz CT molecular complexity index is 670. The second-order valence-corrected chi connectivity index (χ2v) is 8.29. The molecule has 26 heavy (non-hydrogen) atoms. The van der Waals surface area contributed by atoms with Gasteiger partial charge in [-0.15, -0.1) is 0 Å². The lowest BCUT2D eigenvalue weighted by Gasteiger charge is -2.47. The van der Waals surface area contributed by atoms with E-state index in [4.69, 9.17) is 4.74 Å². The number of H-pyrrole nitrogens is 1. The van der Waals surface area contributed by atoms with E-state index in [1.54, 1.807) is 0 Å². The molecule has 1 atom stereocenters. The minimum atomic E-state index is 0.0936. The van der Waals surface area contributed by atoms with Crippen molar-refractivity contribution in [1.29, 1.82) is 0 Å². The third-order valence-corrected chi connectivity index (χ3v) is 6.37. The van der Waals surface area contributed by atoms with Crippen LogP contribution in [0.4, 0.5) is 0 Å². The van der Waals surface area contributed by atoms with Crippen LogP contribution >= 0.6 is 0 Å².